The Morgan fingerprint density at radius 1 is 0.396 bits per heavy atom. The van der Waals surface area contributed by atoms with Crippen LogP contribution in [0.25, 0.3) is 108 Å². The highest BCUT2D eigenvalue weighted by molar-refractivity contribution is 6.25. The van der Waals surface area contributed by atoms with Gasteiger partial charge in [-0.15, -0.1) is 0 Å². The van der Waals surface area contributed by atoms with E-state index in [0.717, 1.165) is 43.1 Å². The molecule has 8 heteroatoms. The minimum absolute atomic E-state index is 0.168. The van der Waals surface area contributed by atoms with Crippen LogP contribution >= 0.6 is 0 Å². The number of benzene rings is 7. The number of nitriles is 2. The van der Waals surface area contributed by atoms with Gasteiger partial charge in [0.15, 0.2) is 0 Å². The van der Waals surface area contributed by atoms with Gasteiger partial charge in [0.1, 0.15) is 0 Å². The smallest absolute Gasteiger partial charge is 0.244 e. The Labute approximate surface area is 271 Å². The van der Waals surface area contributed by atoms with Crippen LogP contribution in [0.2, 0.25) is 0 Å². The molecule has 0 saturated carbocycles. The van der Waals surface area contributed by atoms with Crippen molar-refractivity contribution in [2.45, 2.75) is 0 Å². The van der Waals surface area contributed by atoms with Crippen LogP contribution in [0.15, 0.2) is 97.1 Å². The maximum atomic E-state index is 10.3. The van der Waals surface area contributed by atoms with E-state index in [1.165, 1.54) is 0 Å². The van der Waals surface area contributed by atoms with Crippen molar-refractivity contribution in [1.29, 1.82) is 10.5 Å². The van der Waals surface area contributed by atoms with Gasteiger partial charge >= 0.3 is 0 Å². The fourth-order valence-electron chi connectivity index (χ4n) is 6.96. The van der Waals surface area contributed by atoms with Crippen molar-refractivity contribution in [3.63, 3.8) is 0 Å². The first-order chi connectivity index (χ1) is 23.7. The second kappa shape index (κ2) is 9.99. The van der Waals surface area contributed by atoms with Crippen LogP contribution in [-0.4, -0.2) is 19.9 Å². The topological polar surface area (TPSA) is 108 Å². The van der Waals surface area contributed by atoms with Gasteiger partial charge in [-0.05, 0) is 21.5 Å². The molecule has 0 spiro atoms. The van der Waals surface area contributed by atoms with Gasteiger partial charge in [0, 0.05) is 32.0 Å². The van der Waals surface area contributed by atoms with Crippen molar-refractivity contribution >= 4 is 98.6 Å². The molecule has 0 aliphatic heterocycles. The highest BCUT2D eigenvalue weighted by atomic mass is 14.9. The quantitative estimate of drug-likeness (QED) is 0.0997. The van der Waals surface area contributed by atoms with Crippen LogP contribution in [0.4, 0.5) is 0 Å². The molecule has 0 amide bonds. The van der Waals surface area contributed by atoms with E-state index < -0.39 is 0 Å². The average Bonchev–Trinajstić information content (AvgIpc) is 3.15. The lowest BCUT2D eigenvalue weighted by atomic mass is 9.98. The molecular formula is C40H16N8. The van der Waals surface area contributed by atoms with Gasteiger partial charge < -0.3 is 0 Å². The van der Waals surface area contributed by atoms with Crippen LogP contribution < -0.4 is 10.4 Å². The minimum Gasteiger partial charge on any atom is -0.244 e. The molecule has 0 atom stereocenters. The Balaban J connectivity index is 1.68. The van der Waals surface area contributed by atoms with Gasteiger partial charge in [-0.1, -0.05) is 97.1 Å². The predicted molar refractivity (Wildman–Crippen MR) is 188 cm³/mol. The van der Waals surface area contributed by atoms with Crippen molar-refractivity contribution in [1.82, 2.24) is 19.9 Å². The summed E-state index contributed by atoms with van der Waals surface area (Å²) < 4.78 is 0. The molecule has 0 N–H and O–H groups in total. The van der Waals surface area contributed by atoms with Crippen LogP contribution in [-0.2, 0) is 0 Å². The average molecular weight is 609 g/mol. The molecule has 0 saturated heterocycles. The molecule has 216 valence electrons. The number of nitrogens with zero attached hydrogens (tertiary/aromatic N) is 8. The lowest BCUT2D eigenvalue weighted by molar-refractivity contribution is 1.34. The predicted octanol–water partition coefficient (Wildman–Crippen LogP) is 7.59. The Kier molecular flexibility index (Phi) is 5.59. The van der Waals surface area contributed by atoms with E-state index >= 15 is 0 Å². The zero-order valence-corrected chi connectivity index (χ0v) is 24.8. The van der Waals surface area contributed by atoms with E-state index in [1.54, 1.807) is 0 Å². The van der Waals surface area contributed by atoms with E-state index in [0.29, 0.717) is 22.1 Å². The van der Waals surface area contributed by atoms with Gasteiger partial charge in [0.2, 0.25) is 0 Å². The molecular weight excluding hydrogens is 592 g/mol. The zero-order valence-electron chi connectivity index (χ0n) is 24.8. The zero-order chi connectivity index (χ0) is 32.5. The van der Waals surface area contributed by atoms with Crippen molar-refractivity contribution in [2.75, 3.05) is 0 Å². The Morgan fingerprint density at radius 2 is 0.625 bits per heavy atom. The summed E-state index contributed by atoms with van der Waals surface area (Å²) in [5.41, 5.74) is 2.59. The highest BCUT2D eigenvalue weighted by Gasteiger charge is 2.22. The lowest BCUT2D eigenvalue weighted by Gasteiger charge is -2.14. The van der Waals surface area contributed by atoms with E-state index in [-0.39, 0.29) is 43.9 Å². The molecule has 0 aliphatic carbocycles. The molecule has 8 nitrogen and oxygen atoms in total. The van der Waals surface area contributed by atoms with Gasteiger partial charge in [-0.2, -0.15) is 0 Å². The second-order valence-electron chi connectivity index (χ2n) is 11.3. The molecule has 9 aromatic rings. The van der Waals surface area contributed by atoms with Gasteiger partial charge in [-0.25, -0.2) is 40.1 Å². The first-order valence-corrected chi connectivity index (χ1v) is 14.9. The maximum Gasteiger partial charge on any atom is 0.273 e. The van der Waals surface area contributed by atoms with Crippen LogP contribution in [0, 0.1) is 35.8 Å². The summed E-state index contributed by atoms with van der Waals surface area (Å²) in [4.78, 5) is 27.9. The van der Waals surface area contributed by atoms with Crippen molar-refractivity contribution in [3.8, 4) is 12.1 Å². The molecule has 7 aromatic carbocycles. The summed E-state index contributed by atoms with van der Waals surface area (Å²) in [7, 11) is 0. The molecule has 0 bridgehead atoms. The fourth-order valence-corrected chi connectivity index (χ4v) is 6.96. The normalized spacial score (nSPS) is 11.2. The van der Waals surface area contributed by atoms with Gasteiger partial charge in [-0.3, -0.25) is 0 Å². The SMILES string of the molecule is [C-]#[N+]C(C#N)=c1c2nc3c4ccccc4c4ccccc4c3nc2c(=C(C#N)[N+]#[C-])c2nc3c4ccccc4c4ccccc4c3nc12. The summed E-state index contributed by atoms with van der Waals surface area (Å²) in [6.07, 6.45) is 0. The van der Waals surface area contributed by atoms with E-state index in [1.807, 2.05) is 97.1 Å². The standard InChI is InChI=1S/C40H16N8/c1-43-29(19-41)31-37-39(47-35-27-17-9-5-13-23(27)21-11-3-7-15-25(21)33(35)45-37)32(30(20-42)44-2)40-38(31)46-34-26-16-8-4-12-22(26)24-14-6-10-18-28(24)36(34)48-40/h3-18H. The third kappa shape index (κ3) is 3.49. The Hall–Kier alpha value is -7.52. The molecule has 0 radical (unpaired) electrons. The Morgan fingerprint density at radius 3 is 0.833 bits per heavy atom. The van der Waals surface area contributed by atoms with Crippen molar-refractivity contribution in [3.05, 3.63) is 130 Å². The largest absolute Gasteiger partial charge is 0.273 e. The fraction of sp³-hybridized carbons (Fsp3) is 0. The third-order valence-corrected chi connectivity index (χ3v) is 8.96. The molecule has 0 aliphatic rings. The molecule has 0 fully saturated rings. The molecule has 9 rings (SSSR count). The van der Waals surface area contributed by atoms with Crippen LogP contribution in [0.1, 0.15) is 0 Å². The molecule has 48 heavy (non-hydrogen) atoms. The van der Waals surface area contributed by atoms with Gasteiger partial charge in [0.05, 0.1) is 69.4 Å². The Bertz CT molecular complexity index is 2850. The monoisotopic (exact) mass is 608 g/mol. The first kappa shape index (κ1) is 26.8. The number of rotatable bonds is 0. The van der Waals surface area contributed by atoms with Crippen molar-refractivity contribution in [2.24, 2.45) is 0 Å². The van der Waals surface area contributed by atoms with E-state index in [9.17, 15) is 10.5 Å². The summed E-state index contributed by atoms with van der Waals surface area (Å²) in [6, 6.07) is 35.6. The number of hydrogen-bond donors (Lipinski definition) is 0. The number of hydrogen-bond acceptors (Lipinski definition) is 6. The molecule has 0 unspecified atom stereocenters. The summed E-state index contributed by atoms with van der Waals surface area (Å²) >= 11 is 0. The lowest BCUT2D eigenvalue weighted by Crippen LogP contribution is -2.22. The third-order valence-electron chi connectivity index (χ3n) is 8.96. The number of aromatic nitrogens is 4. The van der Waals surface area contributed by atoms with Crippen LogP contribution in [0.3, 0.4) is 0 Å². The maximum absolute atomic E-state index is 10.3. The van der Waals surface area contributed by atoms with E-state index in [2.05, 4.69) is 21.8 Å². The number of fused-ring (bicyclic) bond motifs is 14. The second-order valence-corrected chi connectivity index (χ2v) is 11.3. The minimum atomic E-state index is -0.240. The van der Waals surface area contributed by atoms with Crippen molar-refractivity contribution < 1.29 is 0 Å². The van der Waals surface area contributed by atoms with Gasteiger partial charge in [0.25, 0.3) is 11.4 Å². The van der Waals surface area contributed by atoms with E-state index in [4.69, 9.17) is 33.1 Å². The summed E-state index contributed by atoms with van der Waals surface area (Å²) in [5.74, 6) is 0. The highest BCUT2D eigenvalue weighted by Crippen LogP contribution is 2.35. The molecule has 2 heterocycles. The summed E-state index contributed by atoms with van der Waals surface area (Å²) in [6.45, 7) is 16.1. The first-order valence-electron chi connectivity index (χ1n) is 14.9. The summed E-state index contributed by atoms with van der Waals surface area (Å²) in [5, 5.41) is 28.2. The van der Waals surface area contributed by atoms with Crippen LogP contribution in [0.5, 0.6) is 0 Å². The molecule has 2 aromatic heterocycles.